The second-order valence-electron chi connectivity index (χ2n) is 6.33. The number of rotatable bonds is 4. The molecule has 1 aliphatic heterocycles. The van der Waals surface area contributed by atoms with E-state index >= 15 is 0 Å². The van der Waals surface area contributed by atoms with E-state index in [1.807, 2.05) is 0 Å². The van der Waals surface area contributed by atoms with E-state index in [1.54, 1.807) is 0 Å². The number of piperidine rings is 1. The Balaban J connectivity index is 1.67. The molecule has 0 amide bonds. The normalized spacial score (nSPS) is 23.7. The van der Waals surface area contributed by atoms with Gasteiger partial charge >= 0.3 is 0 Å². The van der Waals surface area contributed by atoms with Gasteiger partial charge in [-0.05, 0) is 55.7 Å². The summed E-state index contributed by atoms with van der Waals surface area (Å²) < 4.78 is 0. The van der Waals surface area contributed by atoms with Crippen molar-refractivity contribution in [1.82, 2.24) is 10.3 Å². The first-order valence-corrected chi connectivity index (χ1v) is 7.66. The fraction of sp³-hybridized carbons (Fsp3) is 0.688. The quantitative estimate of drug-likeness (QED) is 0.901. The molecular formula is C16H25N3. The Morgan fingerprint density at radius 3 is 2.89 bits per heavy atom. The lowest BCUT2D eigenvalue weighted by molar-refractivity contribution is 0.444. The Hall–Kier alpha value is -1.09. The fourth-order valence-electron chi connectivity index (χ4n) is 2.98. The van der Waals surface area contributed by atoms with Gasteiger partial charge in [0.1, 0.15) is 5.82 Å². The number of hydrogen-bond donors (Lipinski definition) is 1. The van der Waals surface area contributed by atoms with E-state index in [1.165, 1.54) is 42.6 Å². The van der Waals surface area contributed by atoms with Gasteiger partial charge in [-0.25, -0.2) is 4.98 Å². The zero-order valence-electron chi connectivity index (χ0n) is 12.2. The van der Waals surface area contributed by atoms with E-state index in [9.17, 15) is 0 Å². The molecule has 3 rings (SSSR count). The Labute approximate surface area is 116 Å². The minimum Gasteiger partial charge on any atom is -0.356 e. The fourth-order valence-corrected chi connectivity index (χ4v) is 2.98. The summed E-state index contributed by atoms with van der Waals surface area (Å²) in [4.78, 5) is 7.18. The second kappa shape index (κ2) is 5.49. The molecule has 2 heterocycles. The maximum atomic E-state index is 4.72. The predicted octanol–water partition coefficient (Wildman–Crippen LogP) is 2.88. The van der Waals surface area contributed by atoms with Gasteiger partial charge in [0.25, 0.3) is 0 Å². The summed E-state index contributed by atoms with van der Waals surface area (Å²) in [6.07, 6.45) is 7.40. The van der Waals surface area contributed by atoms with Crippen molar-refractivity contribution in [3.05, 3.63) is 23.4 Å². The molecule has 104 valence electrons. The van der Waals surface area contributed by atoms with Crippen LogP contribution in [0.15, 0.2) is 12.3 Å². The highest BCUT2D eigenvalue weighted by atomic mass is 15.2. The van der Waals surface area contributed by atoms with Gasteiger partial charge in [-0.3, -0.25) is 0 Å². The van der Waals surface area contributed by atoms with E-state index in [0.717, 1.165) is 31.6 Å². The number of aromatic nitrogens is 1. The lowest BCUT2D eigenvalue weighted by Gasteiger charge is -2.32. The van der Waals surface area contributed by atoms with Crippen LogP contribution in [-0.4, -0.2) is 24.1 Å². The third kappa shape index (κ3) is 3.27. The molecule has 1 aromatic heterocycles. The molecule has 1 N–H and O–H groups in total. The predicted molar refractivity (Wildman–Crippen MR) is 79.4 cm³/mol. The maximum Gasteiger partial charge on any atom is 0.131 e. The molecule has 1 aromatic rings. The van der Waals surface area contributed by atoms with Gasteiger partial charge in [0.15, 0.2) is 0 Å². The van der Waals surface area contributed by atoms with Crippen molar-refractivity contribution in [3.8, 4) is 0 Å². The Kier molecular flexibility index (Phi) is 3.74. The topological polar surface area (TPSA) is 28.2 Å². The number of nitrogens with zero attached hydrogens (tertiary/aromatic N) is 2. The first kappa shape index (κ1) is 12.9. The first-order valence-electron chi connectivity index (χ1n) is 7.66. The lowest BCUT2D eigenvalue weighted by atomic mass is 10.00. The highest BCUT2D eigenvalue weighted by molar-refractivity contribution is 5.47. The van der Waals surface area contributed by atoms with Crippen LogP contribution in [0.3, 0.4) is 0 Å². The molecule has 3 heteroatoms. The highest BCUT2D eigenvalue weighted by Crippen LogP contribution is 2.25. The summed E-state index contributed by atoms with van der Waals surface area (Å²) in [5, 5.41) is 3.55. The third-order valence-electron chi connectivity index (χ3n) is 4.24. The zero-order valence-corrected chi connectivity index (χ0v) is 12.2. The van der Waals surface area contributed by atoms with Crippen molar-refractivity contribution in [2.24, 2.45) is 5.92 Å². The van der Waals surface area contributed by atoms with Gasteiger partial charge in [-0.15, -0.1) is 0 Å². The van der Waals surface area contributed by atoms with Crippen molar-refractivity contribution in [3.63, 3.8) is 0 Å². The van der Waals surface area contributed by atoms with Gasteiger partial charge in [0.05, 0.1) is 0 Å². The monoisotopic (exact) mass is 259 g/mol. The molecule has 1 saturated heterocycles. The first-order chi connectivity index (χ1) is 9.22. The van der Waals surface area contributed by atoms with Gasteiger partial charge < -0.3 is 10.2 Å². The molecule has 3 nitrogen and oxygen atoms in total. The van der Waals surface area contributed by atoms with Crippen molar-refractivity contribution < 1.29 is 0 Å². The summed E-state index contributed by atoms with van der Waals surface area (Å²) in [5.41, 5.74) is 2.64. The summed E-state index contributed by atoms with van der Waals surface area (Å²) in [6, 6.07) is 3.07. The van der Waals surface area contributed by atoms with E-state index < -0.39 is 0 Å². The molecule has 2 fully saturated rings. The summed E-state index contributed by atoms with van der Waals surface area (Å²) in [7, 11) is 0. The molecule has 0 spiro atoms. The maximum absolute atomic E-state index is 4.72. The van der Waals surface area contributed by atoms with Crippen LogP contribution in [0, 0.1) is 12.8 Å². The van der Waals surface area contributed by atoms with Gasteiger partial charge in [0.2, 0.25) is 0 Å². The summed E-state index contributed by atoms with van der Waals surface area (Å²) in [6.45, 7) is 7.83. The Morgan fingerprint density at radius 1 is 1.37 bits per heavy atom. The van der Waals surface area contributed by atoms with Crippen LogP contribution in [-0.2, 0) is 6.54 Å². The average molecular weight is 259 g/mol. The summed E-state index contributed by atoms with van der Waals surface area (Å²) >= 11 is 0. The van der Waals surface area contributed by atoms with Crippen molar-refractivity contribution >= 4 is 5.82 Å². The van der Waals surface area contributed by atoms with Crippen LogP contribution in [0.2, 0.25) is 0 Å². The SMILES string of the molecule is Cc1cc(CNC2CC2)cnc1N1CCCC(C)C1. The summed E-state index contributed by atoms with van der Waals surface area (Å²) in [5.74, 6) is 1.99. The molecule has 1 unspecified atom stereocenters. The standard InChI is InChI=1S/C16H25N3/c1-12-4-3-7-19(11-12)16-13(2)8-14(10-18-16)9-17-15-5-6-15/h8,10,12,15,17H,3-7,9,11H2,1-2H3. The molecule has 0 bridgehead atoms. The number of aryl methyl sites for hydroxylation is 1. The Morgan fingerprint density at radius 2 is 2.21 bits per heavy atom. The van der Waals surface area contributed by atoms with Gasteiger partial charge in [0, 0.05) is 31.9 Å². The lowest BCUT2D eigenvalue weighted by Crippen LogP contribution is -2.35. The van der Waals surface area contributed by atoms with Gasteiger partial charge in [-0.2, -0.15) is 0 Å². The molecule has 1 atom stereocenters. The van der Waals surface area contributed by atoms with Crippen LogP contribution in [0.1, 0.15) is 43.7 Å². The number of pyridine rings is 1. The van der Waals surface area contributed by atoms with Crippen molar-refractivity contribution in [2.75, 3.05) is 18.0 Å². The van der Waals surface area contributed by atoms with Crippen LogP contribution in [0.5, 0.6) is 0 Å². The van der Waals surface area contributed by atoms with Crippen LogP contribution < -0.4 is 10.2 Å². The molecule has 0 aromatic carbocycles. The minimum absolute atomic E-state index is 0.767. The zero-order chi connectivity index (χ0) is 13.2. The third-order valence-corrected chi connectivity index (χ3v) is 4.24. The van der Waals surface area contributed by atoms with E-state index in [-0.39, 0.29) is 0 Å². The molecule has 0 radical (unpaired) electrons. The highest BCUT2D eigenvalue weighted by Gasteiger charge is 2.21. The van der Waals surface area contributed by atoms with Gasteiger partial charge in [-0.1, -0.05) is 6.92 Å². The van der Waals surface area contributed by atoms with Crippen molar-refractivity contribution in [1.29, 1.82) is 0 Å². The van der Waals surface area contributed by atoms with Crippen LogP contribution in [0.4, 0.5) is 5.82 Å². The minimum atomic E-state index is 0.767. The molecular weight excluding hydrogens is 234 g/mol. The molecule has 2 aliphatic rings. The number of hydrogen-bond acceptors (Lipinski definition) is 3. The Bertz CT molecular complexity index is 440. The molecule has 1 saturated carbocycles. The number of nitrogens with one attached hydrogen (secondary N) is 1. The second-order valence-corrected chi connectivity index (χ2v) is 6.33. The smallest absolute Gasteiger partial charge is 0.131 e. The average Bonchev–Trinajstić information content (AvgIpc) is 3.20. The van der Waals surface area contributed by atoms with E-state index in [0.29, 0.717) is 0 Å². The van der Waals surface area contributed by atoms with E-state index in [4.69, 9.17) is 4.98 Å². The van der Waals surface area contributed by atoms with E-state index in [2.05, 4.69) is 36.3 Å². The largest absolute Gasteiger partial charge is 0.356 e. The van der Waals surface area contributed by atoms with Crippen LogP contribution in [0.25, 0.3) is 0 Å². The molecule has 19 heavy (non-hydrogen) atoms. The van der Waals surface area contributed by atoms with Crippen molar-refractivity contribution in [2.45, 2.75) is 52.1 Å². The number of anilines is 1. The van der Waals surface area contributed by atoms with Crippen LogP contribution >= 0.6 is 0 Å². The molecule has 1 aliphatic carbocycles.